The zero-order chi connectivity index (χ0) is 11.3. The Labute approximate surface area is 93.0 Å². The van der Waals surface area contributed by atoms with Crippen LogP contribution in [0, 0.1) is 0 Å². The molecule has 0 saturated carbocycles. The number of aliphatic hydroxyl groups is 1. The van der Waals surface area contributed by atoms with Crippen molar-refractivity contribution in [2.45, 2.75) is 5.60 Å². The molecule has 80 valence electrons. The Bertz CT molecular complexity index is 585. The van der Waals surface area contributed by atoms with Crippen molar-refractivity contribution >= 4 is 5.78 Å². The van der Waals surface area contributed by atoms with Crippen LogP contribution >= 0.6 is 0 Å². The molecule has 3 heteroatoms. The van der Waals surface area contributed by atoms with E-state index >= 15 is 0 Å². The Morgan fingerprint density at radius 1 is 1.19 bits per heavy atom. The van der Waals surface area contributed by atoms with Gasteiger partial charge in [-0.2, -0.15) is 0 Å². The highest BCUT2D eigenvalue weighted by Crippen LogP contribution is 2.43. The van der Waals surface area contributed by atoms with Crippen LogP contribution in [0.15, 0.2) is 42.6 Å². The van der Waals surface area contributed by atoms with E-state index in [1.54, 1.807) is 28.8 Å². The number of carbonyl (C=O) groups is 1. The maximum Gasteiger partial charge on any atom is 0.205 e. The normalized spacial score (nSPS) is 22.8. The monoisotopic (exact) mass is 213 g/mol. The molecule has 1 N–H and O–H groups in total. The van der Waals surface area contributed by atoms with Crippen LogP contribution in [0.3, 0.4) is 0 Å². The van der Waals surface area contributed by atoms with Crippen molar-refractivity contribution in [3.05, 3.63) is 59.4 Å². The van der Waals surface area contributed by atoms with Gasteiger partial charge in [-0.1, -0.05) is 24.3 Å². The van der Waals surface area contributed by atoms with E-state index in [-0.39, 0.29) is 5.78 Å². The van der Waals surface area contributed by atoms with Crippen LogP contribution in [0.5, 0.6) is 0 Å². The van der Waals surface area contributed by atoms with Gasteiger partial charge in [0.15, 0.2) is 5.60 Å². The molecule has 1 aromatic carbocycles. The molecule has 1 aliphatic carbocycles. The van der Waals surface area contributed by atoms with Crippen molar-refractivity contribution < 1.29 is 9.90 Å². The number of hydrogen-bond donors (Lipinski definition) is 1. The highest BCUT2D eigenvalue weighted by Gasteiger charge is 2.52. The van der Waals surface area contributed by atoms with Crippen molar-refractivity contribution in [2.24, 2.45) is 7.05 Å². The predicted molar refractivity (Wildman–Crippen MR) is 59.2 cm³/mol. The molecule has 0 amide bonds. The Hall–Kier alpha value is -1.87. The predicted octanol–water partition coefficient (Wildman–Crippen LogP) is 1.46. The average Bonchev–Trinajstić information content (AvgIpc) is 2.74. The van der Waals surface area contributed by atoms with Gasteiger partial charge in [-0.05, 0) is 12.1 Å². The molecule has 0 radical (unpaired) electrons. The van der Waals surface area contributed by atoms with Crippen molar-refractivity contribution in [3.8, 4) is 0 Å². The first-order chi connectivity index (χ1) is 7.65. The molecule has 0 saturated heterocycles. The molecule has 1 atom stereocenters. The lowest BCUT2D eigenvalue weighted by Gasteiger charge is -2.37. The second-order valence-corrected chi connectivity index (χ2v) is 4.09. The number of hydrogen-bond acceptors (Lipinski definition) is 2. The summed E-state index contributed by atoms with van der Waals surface area (Å²) in [5.74, 6) is -0.218. The molecule has 0 fully saturated rings. The van der Waals surface area contributed by atoms with Crippen LogP contribution in [0.4, 0.5) is 0 Å². The third-order valence-corrected chi connectivity index (χ3v) is 3.20. The van der Waals surface area contributed by atoms with Crippen LogP contribution in [0.25, 0.3) is 0 Å². The van der Waals surface area contributed by atoms with Gasteiger partial charge in [0.1, 0.15) is 0 Å². The number of ketones is 1. The number of Topliss-reactive ketones (excluding diaryl/α,β-unsaturated/α-hetero) is 1. The minimum atomic E-state index is -1.45. The zero-order valence-corrected chi connectivity index (χ0v) is 8.84. The molecule has 3 rings (SSSR count). The van der Waals surface area contributed by atoms with Gasteiger partial charge < -0.3 is 9.67 Å². The fraction of sp³-hybridized carbons (Fsp3) is 0.154. The van der Waals surface area contributed by atoms with Gasteiger partial charge in [0.05, 0.1) is 5.69 Å². The standard InChI is InChI=1S/C13H11NO2/c1-14-8-4-7-11(14)13(16)10-6-3-2-5-9(10)12(13)15/h2-8,16H,1H3/t13-/m1/s1. The van der Waals surface area contributed by atoms with Crippen molar-refractivity contribution in [2.75, 3.05) is 0 Å². The number of benzene rings is 1. The lowest BCUT2D eigenvalue weighted by molar-refractivity contribution is 0.0348. The molecule has 0 bridgehead atoms. The highest BCUT2D eigenvalue weighted by atomic mass is 16.3. The molecular formula is C13H11NO2. The van der Waals surface area contributed by atoms with Gasteiger partial charge >= 0.3 is 0 Å². The van der Waals surface area contributed by atoms with Crippen LogP contribution in [-0.2, 0) is 12.6 Å². The SMILES string of the molecule is Cn1cccc1[C@@]1(O)C(=O)c2ccccc21. The molecule has 1 heterocycles. The topological polar surface area (TPSA) is 42.2 Å². The number of rotatable bonds is 1. The lowest BCUT2D eigenvalue weighted by atomic mass is 9.70. The maximum absolute atomic E-state index is 12.0. The number of nitrogens with zero attached hydrogens (tertiary/aromatic N) is 1. The van der Waals surface area contributed by atoms with Crippen molar-refractivity contribution in [1.29, 1.82) is 0 Å². The van der Waals surface area contributed by atoms with Crippen molar-refractivity contribution in [1.82, 2.24) is 4.57 Å². The molecule has 1 aliphatic rings. The number of carbonyl (C=O) groups excluding carboxylic acids is 1. The summed E-state index contributed by atoms with van der Waals surface area (Å²) >= 11 is 0. The second-order valence-electron chi connectivity index (χ2n) is 4.09. The van der Waals surface area contributed by atoms with Crippen molar-refractivity contribution in [3.63, 3.8) is 0 Å². The van der Waals surface area contributed by atoms with E-state index < -0.39 is 5.60 Å². The number of aromatic nitrogens is 1. The van der Waals surface area contributed by atoms with E-state index in [1.165, 1.54) is 0 Å². The smallest absolute Gasteiger partial charge is 0.205 e. The Balaban J connectivity index is 2.24. The minimum Gasteiger partial charge on any atom is -0.372 e. The largest absolute Gasteiger partial charge is 0.372 e. The van der Waals surface area contributed by atoms with E-state index in [4.69, 9.17) is 0 Å². The molecular weight excluding hydrogens is 202 g/mol. The van der Waals surface area contributed by atoms with Gasteiger partial charge in [-0.25, -0.2) is 0 Å². The molecule has 0 unspecified atom stereocenters. The molecule has 1 aromatic heterocycles. The minimum absolute atomic E-state index is 0.218. The quantitative estimate of drug-likeness (QED) is 0.779. The van der Waals surface area contributed by atoms with Crippen LogP contribution in [0.2, 0.25) is 0 Å². The van der Waals surface area contributed by atoms with E-state index in [2.05, 4.69) is 0 Å². The molecule has 0 spiro atoms. The van der Waals surface area contributed by atoms with E-state index in [1.807, 2.05) is 25.4 Å². The second kappa shape index (κ2) is 2.83. The summed E-state index contributed by atoms with van der Waals surface area (Å²) in [7, 11) is 1.82. The summed E-state index contributed by atoms with van der Waals surface area (Å²) in [6.45, 7) is 0. The summed E-state index contributed by atoms with van der Waals surface area (Å²) in [6.07, 6.45) is 1.82. The fourth-order valence-corrected chi connectivity index (χ4v) is 2.34. The first-order valence-electron chi connectivity index (χ1n) is 5.14. The molecule has 3 nitrogen and oxygen atoms in total. The fourth-order valence-electron chi connectivity index (χ4n) is 2.34. The van der Waals surface area contributed by atoms with Crippen LogP contribution in [0.1, 0.15) is 21.6 Å². The van der Waals surface area contributed by atoms with Crippen LogP contribution in [-0.4, -0.2) is 15.5 Å². The highest BCUT2D eigenvalue weighted by molar-refractivity contribution is 6.14. The summed E-state index contributed by atoms with van der Waals surface area (Å²) in [4.78, 5) is 12.0. The Kier molecular flexibility index (Phi) is 1.66. The van der Waals surface area contributed by atoms with Gasteiger partial charge in [0.2, 0.25) is 5.78 Å². The van der Waals surface area contributed by atoms with Gasteiger partial charge in [0.25, 0.3) is 0 Å². The van der Waals surface area contributed by atoms with E-state index in [0.717, 1.165) is 0 Å². The van der Waals surface area contributed by atoms with Crippen LogP contribution < -0.4 is 0 Å². The average molecular weight is 213 g/mol. The maximum atomic E-state index is 12.0. The van der Waals surface area contributed by atoms with Gasteiger partial charge in [-0.15, -0.1) is 0 Å². The summed E-state index contributed by atoms with van der Waals surface area (Å²) in [6, 6.07) is 10.8. The third kappa shape index (κ3) is 0.888. The summed E-state index contributed by atoms with van der Waals surface area (Å²) < 4.78 is 1.77. The zero-order valence-electron chi connectivity index (χ0n) is 8.84. The lowest BCUT2D eigenvalue weighted by Crippen LogP contribution is -2.48. The van der Waals surface area contributed by atoms with Gasteiger partial charge in [-0.3, -0.25) is 4.79 Å². The van der Waals surface area contributed by atoms with E-state index in [9.17, 15) is 9.90 Å². The Morgan fingerprint density at radius 2 is 1.94 bits per heavy atom. The first kappa shape index (κ1) is 9.36. The number of fused-ring (bicyclic) bond motifs is 1. The summed E-state index contributed by atoms with van der Waals surface area (Å²) in [5, 5.41) is 10.5. The molecule has 16 heavy (non-hydrogen) atoms. The summed E-state index contributed by atoms with van der Waals surface area (Å²) in [5.41, 5.74) is 0.485. The van der Waals surface area contributed by atoms with Gasteiger partial charge in [0, 0.05) is 24.4 Å². The third-order valence-electron chi connectivity index (χ3n) is 3.20. The van der Waals surface area contributed by atoms with E-state index in [0.29, 0.717) is 16.8 Å². The first-order valence-corrected chi connectivity index (χ1v) is 5.14. The Morgan fingerprint density at radius 3 is 2.62 bits per heavy atom. The molecule has 0 aliphatic heterocycles. The molecule has 2 aromatic rings. The number of aryl methyl sites for hydroxylation is 1.